The predicted octanol–water partition coefficient (Wildman–Crippen LogP) is 0.219. The minimum Gasteiger partial charge on any atom is -0.394 e. The average molecular weight is 264 g/mol. The number of rotatable bonds is 2. The first kappa shape index (κ1) is 13.8. The van der Waals surface area contributed by atoms with Crippen LogP contribution < -0.4 is 11.3 Å². The number of nitrogens with one attached hydrogen (secondary N) is 1. The van der Waals surface area contributed by atoms with Crippen LogP contribution in [0.5, 0.6) is 0 Å². The molecule has 104 valence electrons. The fourth-order valence-corrected chi connectivity index (χ4v) is 2.03. The van der Waals surface area contributed by atoms with Gasteiger partial charge in [0.2, 0.25) is 5.96 Å². The molecule has 1 fully saturated rings. The van der Waals surface area contributed by atoms with Gasteiger partial charge >= 0.3 is 0 Å². The highest BCUT2D eigenvalue weighted by atomic mass is 16.5. The fraction of sp³-hybridized carbons (Fsp3) is 0.462. The SMILES string of the molecule is CC1COC(CO)CN1C(=Nc1ccccc1)NN. The number of aliphatic hydroxyl groups is 1. The van der Waals surface area contributed by atoms with Crippen molar-refractivity contribution in [2.45, 2.75) is 19.1 Å². The Morgan fingerprint density at radius 3 is 2.89 bits per heavy atom. The number of benzene rings is 1. The van der Waals surface area contributed by atoms with Crippen molar-refractivity contribution in [1.29, 1.82) is 0 Å². The van der Waals surface area contributed by atoms with E-state index in [1.54, 1.807) is 0 Å². The molecular formula is C13H20N4O2. The van der Waals surface area contributed by atoms with E-state index in [1.165, 1.54) is 0 Å². The summed E-state index contributed by atoms with van der Waals surface area (Å²) >= 11 is 0. The predicted molar refractivity (Wildman–Crippen MR) is 73.9 cm³/mol. The van der Waals surface area contributed by atoms with Gasteiger partial charge in [0.15, 0.2) is 0 Å². The molecule has 1 aliphatic heterocycles. The summed E-state index contributed by atoms with van der Waals surface area (Å²) in [5, 5.41) is 9.20. The van der Waals surface area contributed by atoms with Crippen molar-refractivity contribution in [3.05, 3.63) is 30.3 Å². The van der Waals surface area contributed by atoms with Crippen LogP contribution in [-0.4, -0.2) is 47.9 Å². The third-order valence-electron chi connectivity index (χ3n) is 3.10. The number of aliphatic imine (C=N–C) groups is 1. The van der Waals surface area contributed by atoms with Gasteiger partial charge in [0.05, 0.1) is 31.0 Å². The van der Waals surface area contributed by atoms with Gasteiger partial charge in [-0.25, -0.2) is 10.8 Å². The van der Waals surface area contributed by atoms with E-state index in [0.717, 1.165) is 5.69 Å². The van der Waals surface area contributed by atoms with Crippen molar-refractivity contribution in [2.75, 3.05) is 19.8 Å². The molecule has 1 aromatic carbocycles. The molecule has 0 radical (unpaired) electrons. The van der Waals surface area contributed by atoms with Crippen LogP contribution in [0.1, 0.15) is 6.92 Å². The molecule has 19 heavy (non-hydrogen) atoms. The Hall–Kier alpha value is -1.63. The van der Waals surface area contributed by atoms with Crippen molar-refractivity contribution < 1.29 is 9.84 Å². The Morgan fingerprint density at radius 1 is 1.53 bits per heavy atom. The molecular weight excluding hydrogens is 244 g/mol. The normalized spacial score (nSPS) is 24.4. The summed E-state index contributed by atoms with van der Waals surface area (Å²) in [6.45, 7) is 3.13. The summed E-state index contributed by atoms with van der Waals surface area (Å²) in [6, 6.07) is 9.76. The van der Waals surface area contributed by atoms with E-state index in [1.807, 2.05) is 42.2 Å². The molecule has 0 spiro atoms. The molecule has 1 aromatic rings. The van der Waals surface area contributed by atoms with E-state index in [9.17, 15) is 5.11 Å². The Bertz CT molecular complexity index is 424. The number of nitrogens with two attached hydrogens (primary N) is 1. The Balaban J connectivity index is 2.18. The van der Waals surface area contributed by atoms with Crippen LogP contribution in [-0.2, 0) is 4.74 Å². The highest BCUT2D eigenvalue weighted by molar-refractivity contribution is 5.82. The van der Waals surface area contributed by atoms with E-state index in [4.69, 9.17) is 10.6 Å². The van der Waals surface area contributed by atoms with E-state index >= 15 is 0 Å². The highest BCUT2D eigenvalue weighted by Gasteiger charge is 2.27. The summed E-state index contributed by atoms with van der Waals surface area (Å²) in [5.41, 5.74) is 3.46. The third kappa shape index (κ3) is 3.44. The van der Waals surface area contributed by atoms with Crippen LogP contribution in [0.4, 0.5) is 5.69 Å². The number of nitrogens with zero attached hydrogens (tertiary/aromatic N) is 2. The standard InChI is InChI=1S/C13H20N4O2/c1-10-9-19-12(8-18)7-17(10)13(16-14)15-11-5-3-2-4-6-11/h2-6,10,12,18H,7-9,14H2,1H3,(H,15,16). The maximum absolute atomic E-state index is 9.20. The molecule has 0 aliphatic carbocycles. The molecule has 0 bridgehead atoms. The van der Waals surface area contributed by atoms with Crippen molar-refractivity contribution in [3.63, 3.8) is 0 Å². The lowest BCUT2D eigenvalue weighted by Crippen LogP contribution is -2.56. The van der Waals surface area contributed by atoms with Gasteiger partial charge in [0, 0.05) is 6.54 Å². The van der Waals surface area contributed by atoms with Gasteiger partial charge in [0.1, 0.15) is 0 Å². The number of aliphatic hydroxyl groups excluding tert-OH is 1. The lowest BCUT2D eigenvalue weighted by Gasteiger charge is -2.38. The first-order valence-electron chi connectivity index (χ1n) is 6.34. The summed E-state index contributed by atoms with van der Waals surface area (Å²) in [6.07, 6.45) is -0.203. The monoisotopic (exact) mass is 264 g/mol. The van der Waals surface area contributed by atoms with Crippen LogP contribution in [0.25, 0.3) is 0 Å². The van der Waals surface area contributed by atoms with Gasteiger partial charge in [-0.3, -0.25) is 5.43 Å². The Morgan fingerprint density at radius 2 is 2.26 bits per heavy atom. The van der Waals surface area contributed by atoms with E-state index in [-0.39, 0.29) is 18.8 Å². The molecule has 6 nitrogen and oxygen atoms in total. The molecule has 4 N–H and O–H groups in total. The Kier molecular flexibility index (Phi) is 4.73. The maximum Gasteiger partial charge on any atom is 0.214 e. The van der Waals surface area contributed by atoms with Gasteiger partial charge in [-0.2, -0.15) is 0 Å². The van der Waals surface area contributed by atoms with Crippen molar-refractivity contribution in [1.82, 2.24) is 10.3 Å². The minimum atomic E-state index is -0.203. The number of hydrogen-bond acceptors (Lipinski definition) is 4. The summed E-state index contributed by atoms with van der Waals surface area (Å²) in [5.74, 6) is 6.16. The van der Waals surface area contributed by atoms with Crippen molar-refractivity contribution in [3.8, 4) is 0 Å². The number of hydrazine groups is 1. The molecule has 1 saturated heterocycles. The molecule has 1 aliphatic rings. The van der Waals surface area contributed by atoms with Gasteiger partial charge < -0.3 is 14.7 Å². The van der Waals surface area contributed by atoms with Gasteiger partial charge in [0.25, 0.3) is 0 Å². The zero-order valence-corrected chi connectivity index (χ0v) is 11.0. The van der Waals surface area contributed by atoms with E-state index < -0.39 is 0 Å². The second kappa shape index (κ2) is 6.51. The number of hydrogen-bond donors (Lipinski definition) is 3. The lowest BCUT2D eigenvalue weighted by atomic mass is 10.2. The fourth-order valence-electron chi connectivity index (χ4n) is 2.03. The van der Waals surface area contributed by atoms with Crippen LogP contribution in [0.2, 0.25) is 0 Å². The lowest BCUT2D eigenvalue weighted by molar-refractivity contribution is -0.0569. The number of morpholine rings is 1. The van der Waals surface area contributed by atoms with Crippen LogP contribution in [0.3, 0.4) is 0 Å². The van der Waals surface area contributed by atoms with Gasteiger partial charge in [-0.15, -0.1) is 0 Å². The molecule has 0 amide bonds. The smallest absolute Gasteiger partial charge is 0.214 e. The second-order valence-electron chi connectivity index (χ2n) is 4.55. The molecule has 0 saturated carbocycles. The molecule has 2 unspecified atom stereocenters. The largest absolute Gasteiger partial charge is 0.394 e. The highest BCUT2D eigenvalue weighted by Crippen LogP contribution is 2.15. The number of ether oxygens (including phenoxy) is 1. The van der Waals surface area contributed by atoms with Crippen molar-refractivity contribution >= 4 is 11.6 Å². The number of guanidine groups is 1. The van der Waals surface area contributed by atoms with Crippen LogP contribution in [0, 0.1) is 0 Å². The zero-order chi connectivity index (χ0) is 13.7. The van der Waals surface area contributed by atoms with E-state index in [0.29, 0.717) is 19.1 Å². The van der Waals surface area contributed by atoms with Gasteiger partial charge in [-0.1, -0.05) is 18.2 Å². The molecule has 1 heterocycles. The third-order valence-corrected chi connectivity index (χ3v) is 3.10. The van der Waals surface area contributed by atoms with Crippen LogP contribution in [0.15, 0.2) is 35.3 Å². The van der Waals surface area contributed by atoms with Gasteiger partial charge in [-0.05, 0) is 19.1 Å². The first-order chi connectivity index (χ1) is 9.24. The molecule has 0 aromatic heterocycles. The summed E-state index contributed by atoms with van der Waals surface area (Å²) in [7, 11) is 0. The summed E-state index contributed by atoms with van der Waals surface area (Å²) in [4.78, 5) is 6.50. The first-order valence-corrected chi connectivity index (χ1v) is 6.34. The second-order valence-corrected chi connectivity index (χ2v) is 4.55. The Labute approximate surface area is 112 Å². The van der Waals surface area contributed by atoms with E-state index in [2.05, 4.69) is 10.4 Å². The molecule has 2 rings (SSSR count). The zero-order valence-electron chi connectivity index (χ0n) is 11.0. The topological polar surface area (TPSA) is 83.1 Å². The van der Waals surface area contributed by atoms with Crippen molar-refractivity contribution in [2.24, 2.45) is 10.8 Å². The van der Waals surface area contributed by atoms with Crippen LogP contribution >= 0.6 is 0 Å². The molecule has 2 atom stereocenters. The quantitative estimate of drug-likeness (QED) is 0.308. The summed E-state index contributed by atoms with van der Waals surface area (Å²) < 4.78 is 5.50. The minimum absolute atomic E-state index is 0.00753. The molecule has 6 heteroatoms. The maximum atomic E-state index is 9.20. The average Bonchev–Trinajstić information content (AvgIpc) is 2.47. The number of para-hydroxylation sites is 1.